The van der Waals surface area contributed by atoms with Crippen LogP contribution in [-0.2, 0) is 9.59 Å². The standard InChI is InChI=1S/C14H17NO3/c1-8-3-5-10(6-4-8)9(2)15-13(16)11-7-12(11)14(17)18/h3-6,9,11-12H,7H2,1-2H3,(H,15,16)(H,17,18). The van der Waals surface area contributed by atoms with Crippen molar-refractivity contribution in [2.75, 3.05) is 0 Å². The van der Waals surface area contributed by atoms with E-state index in [2.05, 4.69) is 5.32 Å². The average Bonchev–Trinajstić information content (AvgIpc) is 3.09. The molecule has 0 saturated heterocycles. The third-order valence-corrected chi connectivity index (χ3v) is 3.38. The van der Waals surface area contributed by atoms with Gasteiger partial charge in [-0.2, -0.15) is 0 Å². The zero-order valence-corrected chi connectivity index (χ0v) is 10.5. The number of amides is 1. The number of hydrogen-bond acceptors (Lipinski definition) is 2. The molecule has 0 heterocycles. The first-order valence-corrected chi connectivity index (χ1v) is 6.09. The number of carboxylic acids is 1. The lowest BCUT2D eigenvalue weighted by atomic mass is 10.1. The minimum absolute atomic E-state index is 0.0897. The summed E-state index contributed by atoms with van der Waals surface area (Å²) in [5.41, 5.74) is 2.20. The average molecular weight is 247 g/mol. The zero-order chi connectivity index (χ0) is 13.3. The summed E-state index contributed by atoms with van der Waals surface area (Å²) in [6.07, 6.45) is 0.460. The molecule has 3 unspecified atom stereocenters. The number of rotatable bonds is 4. The Morgan fingerprint density at radius 1 is 1.28 bits per heavy atom. The molecule has 1 aliphatic carbocycles. The van der Waals surface area contributed by atoms with Crippen LogP contribution in [0.2, 0.25) is 0 Å². The van der Waals surface area contributed by atoms with E-state index >= 15 is 0 Å². The third kappa shape index (κ3) is 2.70. The van der Waals surface area contributed by atoms with Crippen LogP contribution in [0, 0.1) is 18.8 Å². The molecule has 0 aromatic heterocycles. The van der Waals surface area contributed by atoms with Crippen LogP contribution < -0.4 is 5.32 Å². The van der Waals surface area contributed by atoms with Crippen LogP contribution in [0.15, 0.2) is 24.3 Å². The van der Waals surface area contributed by atoms with Gasteiger partial charge in [0, 0.05) is 0 Å². The van der Waals surface area contributed by atoms with E-state index in [0.717, 1.165) is 5.56 Å². The maximum atomic E-state index is 11.8. The van der Waals surface area contributed by atoms with Gasteiger partial charge in [-0.15, -0.1) is 0 Å². The predicted molar refractivity (Wildman–Crippen MR) is 67.0 cm³/mol. The highest BCUT2D eigenvalue weighted by molar-refractivity contribution is 5.89. The van der Waals surface area contributed by atoms with Gasteiger partial charge in [-0.25, -0.2) is 0 Å². The van der Waals surface area contributed by atoms with Crippen LogP contribution in [0.3, 0.4) is 0 Å². The van der Waals surface area contributed by atoms with Crippen molar-refractivity contribution in [1.29, 1.82) is 0 Å². The molecule has 1 aliphatic rings. The molecule has 1 aromatic rings. The Morgan fingerprint density at radius 2 is 1.89 bits per heavy atom. The lowest BCUT2D eigenvalue weighted by Gasteiger charge is -2.14. The normalized spacial score (nSPS) is 23.2. The van der Waals surface area contributed by atoms with E-state index in [9.17, 15) is 9.59 Å². The molecule has 18 heavy (non-hydrogen) atoms. The number of aliphatic carboxylic acids is 1. The van der Waals surface area contributed by atoms with E-state index in [-0.39, 0.29) is 17.9 Å². The van der Waals surface area contributed by atoms with Gasteiger partial charge in [0.1, 0.15) is 0 Å². The summed E-state index contributed by atoms with van der Waals surface area (Å²) >= 11 is 0. The molecule has 3 atom stereocenters. The topological polar surface area (TPSA) is 66.4 Å². The molecule has 4 heteroatoms. The van der Waals surface area contributed by atoms with Crippen molar-refractivity contribution in [2.24, 2.45) is 11.8 Å². The second-order valence-corrected chi connectivity index (χ2v) is 4.93. The molecule has 1 aromatic carbocycles. The summed E-state index contributed by atoms with van der Waals surface area (Å²) < 4.78 is 0. The molecule has 0 bridgehead atoms. The molecule has 0 radical (unpaired) electrons. The summed E-state index contributed by atoms with van der Waals surface area (Å²) in [5.74, 6) is -1.88. The summed E-state index contributed by atoms with van der Waals surface area (Å²) in [6.45, 7) is 3.91. The fraction of sp³-hybridized carbons (Fsp3) is 0.429. The van der Waals surface area contributed by atoms with Crippen molar-refractivity contribution >= 4 is 11.9 Å². The predicted octanol–water partition coefficient (Wildman–Crippen LogP) is 1.89. The van der Waals surface area contributed by atoms with Gasteiger partial charge in [-0.05, 0) is 25.8 Å². The first kappa shape index (κ1) is 12.6. The number of hydrogen-bond donors (Lipinski definition) is 2. The molecule has 0 spiro atoms. The van der Waals surface area contributed by atoms with Crippen molar-refractivity contribution < 1.29 is 14.7 Å². The van der Waals surface area contributed by atoms with Crippen LogP contribution in [0.5, 0.6) is 0 Å². The number of aryl methyl sites for hydroxylation is 1. The highest BCUT2D eigenvalue weighted by Gasteiger charge is 2.48. The Labute approximate surface area is 106 Å². The molecule has 2 N–H and O–H groups in total. The number of carbonyl (C=O) groups excluding carboxylic acids is 1. The maximum absolute atomic E-state index is 11.8. The first-order valence-electron chi connectivity index (χ1n) is 6.09. The summed E-state index contributed by atoms with van der Waals surface area (Å²) in [5, 5.41) is 11.6. The Bertz CT molecular complexity index is 466. The van der Waals surface area contributed by atoms with E-state index in [1.807, 2.05) is 38.1 Å². The SMILES string of the molecule is Cc1ccc(C(C)NC(=O)C2CC2C(=O)O)cc1. The summed E-state index contributed by atoms with van der Waals surface area (Å²) in [6, 6.07) is 7.85. The molecular weight excluding hydrogens is 230 g/mol. The number of nitrogens with one attached hydrogen (secondary N) is 1. The number of carbonyl (C=O) groups is 2. The van der Waals surface area contributed by atoms with E-state index in [1.165, 1.54) is 5.56 Å². The molecular formula is C14H17NO3. The molecule has 2 rings (SSSR count). The Kier molecular flexibility index (Phi) is 3.36. The largest absolute Gasteiger partial charge is 0.481 e. The second-order valence-electron chi connectivity index (χ2n) is 4.93. The van der Waals surface area contributed by atoms with Gasteiger partial charge in [-0.3, -0.25) is 9.59 Å². The fourth-order valence-corrected chi connectivity index (χ4v) is 2.02. The first-order chi connectivity index (χ1) is 8.49. The van der Waals surface area contributed by atoms with Gasteiger partial charge in [-0.1, -0.05) is 29.8 Å². The highest BCUT2D eigenvalue weighted by Crippen LogP contribution is 2.39. The van der Waals surface area contributed by atoms with Gasteiger partial charge in [0.15, 0.2) is 0 Å². The molecule has 1 saturated carbocycles. The van der Waals surface area contributed by atoms with Crippen LogP contribution in [-0.4, -0.2) is 17.0 Å². The van der Waals surface area contributed by atoms with Crippen LogP contribution >= 0.6 is 0 Å². The third-order valence-electron chi connectivity index (χ3n) is 3.38. The van der Waals surface area contributed by atoms with E-state index in [4.69, 9.17) is 5.11 Å². The van der Waals surface area contributed by atoms with Gasteiger partial charge >= 0.3 is 5.97 Å². The van der Waals surface area contributed by atoms with Gasteiger partial charge in [0.2, 0.25) is 5.91 Å². The molecule has 4 nitrogen and oxygen atoms in total. The lowest BCUT2D eigenvalue weighted by Crippen LogP contribution is -2.29. The minimum Gasteiger partial charge on any atom is -0.481 e. The Morgan fingerprint density at radius 3 is 2.39 bits per heavy atom. The number of benzene rings is 1. The fourth-order valence-electron chi connectivity index (χ4n) is 2.02. The Hall–Kier alpha value is -1.84. The molecule has 0 aliphatic heterocycles. The minimum atomic E-state index is -0.877. The van der Waals surface area contributed by atoms with Crippen molar-refractivity contribution in [3.8, 4) is 0 Å². The van der Waals surface area contributed by atoms with E-state index in [0.29, 0.717) is 6.42 Å². The highest BCUT2D eigenvalue weighted by atomic mass is 16.4. The number of carboxylic acid groups (broad SMARTS) is 1. The van der Waals surface area contributed by atoms with Crippen molar-refractivity contribution in [3.05, 3.63) is 35.4 Å². The van der Waals surface area contributed by atoms with Gasteiger partial charge in [0.05, 0.1) is 17.9 Å². The lowest BCUT2D eigenvalue weighted by molar-refractivity contribution is -0.140. The van der Waals surface area contributed by atoms with Crippen LogP contribution in [0.25, 0.3) is 0 Å². The summed E-state index contributed by atoms with van der Waals surface area (Å²) in [7, 11) is 0. The zero-order valence-electron chi connectivity index (χ0n) is 10.5. The Balaban J connectivity index is 1.92. The quantitative estimate of drug-likeness (QED) is 0.853. The summed E-state index contributed by atoms with van der Waals surface area (Å²) in [4.78, 5) is 22.5. The smallest absolute Gasteiger partial charge is 0.307 e. The molecule has 1 amide bonds. The van der Waals surface area contributed by atoms with Gasteiger partial charge < -0.3 is 10.4 Å². The maximum Gasteiger partial charge on any atom is 0.307 e. The van der Waals surface area contributed by atoms with E-state index < -0.39 is 11.9 Å². The second kappa shape index (κ2) is 4.80. The van der Waals surface area contributed by atoms with Crippen LogP contribution in [0.4, 0.5) is 0 Å². The van der Waals surface area contributed by atoms with Crippen LogP contribution in [0.1, 0.15) is 30.5 Å². The van der Waals surface area contributed by atoms with E-state index in [1.54, 1.807) is 0 Å². The molecule has 1 fully saturated rings. The monoisotopic (exact) mass is 247 g/mol. The molecule has 96 valence electrons. The van der Waals surface area contributed by atoms with Crippen molar-refractivity contribution in [2.45, 2.75) is 26.3 Å². The van der Waals surface area contributed by atoms with Crippen molar-refractivity contribution in [1.82, 2.24) is 5.32 Å². The van der Waals surface area contributed by atoms with Crippen molar-refractivity contribution in [3.63, 3.8) is 0 Å². The van der Waals surface area contributed by atoms with Gasteiger partial charge in [0.25, 0.3) is 0 Å².